The van der Waals surface area contributed by atoms with Gasteiger partial charge in [0, 0.05) is 0 Å². The van der Waals surface area contributed by atoms with Gasteiger partial charge in [-0.1, -0.05) is 23.3 Å². The van der Waals surface area contributed by atoms with Gasteiger partial charge in [0.2, 0.25) is 0 Å². The summed E-state index contributed by atoms with van der Waals surface area (Å²) < 4.78 is 5.85. The van der Waals surface area contributed by atoms with E-state index in [4.69, 9.17) is 4.74 Å². The quantitative estimate of drug-likeness (QED) is 0.435. The second-order valence-corrected chi connectivity index (χ2v) is 5.64. The molecule has 16 heavy (non-hydrogen) atoms. The van der Waals surface area contributed by atoms with Crippen LogP contribution in [0, 0.1) is 0 Å². The van der Waals surface area contributed by atoms with Crippen LogP contribution in [0.15, 0.2) is 23.3 Å². The second-order valence-electron chi connectivity index (χ2n) is 5.64. The highest BCUT2D eigenvalue weighted by molar-refractivity contribution is 5.09. The first-order valence-corrected chi connectivity index (χ1v) is 6.59. The third kappa shape index (κ3) is 2.98. The van der Waals surface area contributed by atoms with Crippen LogP contribution in [0.2, 0.25) is 0 Å². The molecule has 0 unspecified atom stereocenters. The topological polar surface area (TPSA) is 12.5 Å². The monoisotopic (exact) mass is 220 g/mol. The fraction of sp³-hybridized carbons (Fsp3) is 0.733. The molecule has 0 aromatic rings. The maximum Gasteiger partial charge on any atom is 0.0923 e. The van der Waals surface area contributed by atoms with E-state index in [-0.39, 0.29) is 5.60 Å². The minimum absolute atomic E-state index is 0.191. The Bertz CT molecular complexity index is 313. The molecule has 0 N–H and O–H groups in total. The predicted molar refractivity (Wildman–Crippen MR) is 68.5 cm³/mol. The van der Waals surface area contributed by atoms with Crippen molar-refractivity contribution < 1.29 is 4.74 Å². The first-order valence-electron chi connectivity index (χ1n) is 6.59. The highest BCUT2D eigenvalue weighted by Crippen LogP contribution is 2.43. The summed E-state index contributed by atoms with van der Waals surface area (Å²) in [5.41, 5.74) is 3.26. The van der Waals surface area contributed by atoms with Crippen LogP contribution in [0.5, 0.6) is 0 Å². The maximum absolute atomic E-state index is 5.85. The summed E-state index contributed by atoms with van der Waals surface area (Å²) in [5.74, 6) is 0. The molecule has 1 heteroatoms. The summed E-state index contributed by atoms with van der Waals surface area (Å²) in [6.07, 6.45) is 12.5. The van der Waals surface area contributed by atoms with Gasteiger partial charge >= 0.3 is 0 Å². The standard InChI is InChI=1S/C15H24O/c1-12-6-4-7-13(2)9-10-14-15(3,16-14)11-5-8-12/h7-8,14H,4-6,9-11H2,1-3H3/b12-8-,13-7-/t14-,15-/m0/s1. The molecule has 0 amide bonds. The number of hydrogen-bond donors (Lipinski definition) is 0. The van der Waals surface area contributed by atoms with Crippen molar-refractivity contribution in [1.82, 2.24) is 0 Å². The van der Waals surface area contributed by atoms with Crippen molar-refractivity contribution in [2.45, 2.75) is 71.0 Å². The number of fused-ring (bicyclic) bond motifs is 1. The molecule has 0 radical (unpaired) electrons. The maximum atomic E-state index is 5.85. The van der Waals surface area contributed by atoms with Crippen LogP contribution in [0.4, 0.5) is 0 Å². The van der Waals surface area contributed by atoms with Crippen molar-refractivity contribution in [2.75, 3.05) is 0 Å². The van der Waals surface area contributed by atoms with Gasteiger partial charge in [0.15, 0.2) is 0 Å². The summed E-state index contributed by atoms with van der Waals surface area (Å²) in [7, 11) is 0. The molecule has 2 atom stereocenters. The Morgan fingerprint density at radius 3 is 2.62 bits per heavy atom. The van der Waals surface area contributed by atoms with E-state index < -0.39 is 0 Å². The van der Waals surface area contributed by atoms with Gasteiger partial charge in [-0.2, -0.15) is 0 Å². The number of ether oxygens (including phenoxy) is 1. The summed E-state index contributed by atoms with van der Waals surface area (Å²) >= 11 is 0. The molecule has 90 valence electrons. The molecular formula is C15H24O. The molecule has 1 saturated heterocycles. The normalized spacial score (nSPS) is 42.8. The van der Waals surface area contributed by atoms with Crippen LogP contribution >= 0.6 is 0 Å². The van der Waals surface area contributed by atoms with Crippen molar-refractivity contribution in [3.05, 3.63) is 23.3 Å². The van der Waals surface area contributed by atoms with Gasteiger partial charge in [-0.3, -0.25) is 0 Å². The van der Waals surface area contributed by atoms with Crippen molar-refractivity contribution >= 4 is 0 Å². The SMILES string of the molecule is C/C1=C/CC[C@]2(C)O[C@H]2CC/C(C)=C\CC1. The van der Waals surface area contributed by atoms with Gasteiger partial charge < -0.3 is 4.74 Å². The number of rotatable bonds is 0. The van der Waals surface area contributed by atoms with Gasteiger partial charge in [0.1, 0.15) is 0 Å². The summed E-state index contributed by atoms with van der Waals surface area (Å²) in [6, 6.07) is 0. The molecule has 0 saturated carbocycles. The zero-order valence-corrected chi connectivity index (χ0v) is 10.9. The van der Waals surface area contributed by atoms with Crippen LogP contribution in [0.1, 0.15) is 59.3 Å². The predicted octanol–water partition coefficient (Wildman–Crippen LogP) is 4.39. The molecular weight excluding hydrogens is 196 g/mol. The van der Waals surface area contributed by atoms with Gasteiger partial charge in [0.25, 0.3) is 0 Å². The minimum Gasteiger partial charge on any atom is -0.366 e. The zero-order chi connectivity index (χ0) is 11.6. The summed E-state index contributed by atoms with van der Waals surface area (Å²) in [5, 5.41) is 0. The lowest BCUT2D eigenvalue weighted by molar-refractivity contribution is 0.295. The molecule has 1 heterocycles. The number of hydrogen-bond acceptors (Lipinski definition) is 1. The average molecular weight is 220 g/mol. The second kappa shape index (κ2) is 4.75. The van der Waals surface area contributed by atoms with Crippen molar-refractivity contribution in [3.8, 4) is 0 Å². The lowest BCUT2D eigenvalue weighted by Crippen LogP contribution is -2.09. The Morgan fingerprint density at radius 1 is 1.12 bits per heavy atom. The Morgan fingerprint density at radius 2 is 1.81 bits per heavy atom. The Hall–Kier alpha value is -0.560. The van der Waals surface area contributed by atoms with Crippen LogP contribution in [0.3, 0.4) is 0 Å². The summed E-state index contributed by atoms with van der Waals surface area (Å²) in [6.45, 7) is 6.78. The van der Waals surface area contributed by atoms with E-state index >= 15 is 0 Å². The van der Waals surface area contributed by atoms with Crippen LogP contribution in [0.25, 0.3) is 0 Å². The van der Waals surface area contributed by atoms with Crippen LogP contribution in [-0.4, -0.2) is 11.7 Å². The van der Waals surface area contributed by atoms with Crippen LogP contribution in [-0.2, 0) is 4.74 Å². The molecule has 1 nitrogen and oxygen atoms in total. The number of epoxide rings is 1. The molecule has 0 aromatic heterocycles. The molecule has 2 rings (SSSR count). The zero-order valence-electron chi connectivity index (χ0n) is 10.9. The molecule has 0 aromatic carbocycles. The van der Waals surface area contributed by atoms with Gasteiger partial charge in [0.05, 0.1) is 11.7 Å². The molecule has 2 aliphatic rings. The van der Waals surface area contributed by atoms with Crippen molar-refractivity contribution in [1.29, 1.82) is 0 Å². The van der Waals surface area contributed by atoms with E-state index in [1.165, 1.54) is 49.7 Å². The van der Waals surface area contributed by atoms with E-state index in [1.807, 2.05) is 0 Å². The minimum atomic E-state index is 0.191. The molecule has 1 fully saturated rings. The molecule has 1 aliphatic carbocycles. The smallest absolute Gasteiger partial charge is 0.0923 e. The van der Waals surface area contributed by atoms with Gasteiger partial charge in [-0.25, -0.2) is 0 Å². The first kappa shape index (κ1) is 11.9. The Balaban J connectivity index is 1.99. The highest BCUT2D eigenvalue weighted by Gasteiger charge is 2.50. The van der Waals surface area contributed by atoms with Gasteiger partial charge in [-0.05, 0) is 59.3 Å². The Labute approximate surface area is 99.6 Å². The van der Waals surface area contributed by atoms with E-state index in [9.17, 15) is 0 Å². The third-order valence-corrected chi connectivity index (χ3v) is 4.00. The summed E-state index contributed by atoms with van der Waals surface area (Å²) in [4.78, 5) is 0. The lowest BCUT2D eigenvalue weighted by atomic mass is 9.95. The van der Waals surface area contributed by atoms with Gasteiger partial charge in [-0.15, -0.1) is 0 Å². The largest absolute Gasteiger partial charge is 0.366 e. The molecule has 1 aliphatic heterocycles. The van der Waals surface area contributed by atoms with Crippen LogP contribution < -0.4 is 0 Å². The van der Waals surface area contributed by atoms with E-state index in [0.717, 1.165) is 0 Å². The lowest BCUT2D eigenvalue weighted by Gasteiger charge is -2.07. The van der Waals surface area contributed by atoms with E-state index in [0.29, 0.717) is 6.10 Å². The van der Waals surface area contributed by atoms with E-state index in [1.54, 1.807) is 0 Å². The van der Waals surface area contributed by atoms with Crippen molar-refractivity contribution in [3.63, 3.8) is 0 Å². The average Bonchev–Trinajstić information content (AvgIpc) is 2.85. The number of allylic oxidation sites excluding steroid dienone is 4. The highest BCUT2D eigenvalue weighted by atomic mass is 16.6. The fourth-order valence-corrected chi connectivity index (χ4v) is 2.59. The first-order chi connectivity index (χ1) is 7.60. The fourth-order valence-electron chi connectivity index (χ4n) is 2.59. The Kier molecular flexibility index (Phi) is 3.53. The van der Waals surface area contributed by atoms with E-state index in [2.05, 4.69) is 32.9 Å². The molecule has 0 spiro atoms. The third-order valence-electron chi connectivity index (χ3n) is 4.00. The molecule has 0 bridgehead atoms. The van der Waals surface area contributed by atoms with Crippen molar-refractivity contribution in [2.24, 2.45) is 0 Å².